The van der Waals surface area contributed by atoms with Gasteiger partial charge in [-0.15, -0.1) is 0 Å². The van der Waals surface area contributed by atoms with E-state index in [1.54, 1.807) is 0 Å². The van der Waals surface area contributed by atoms with E-state index in [4.69, 9.17) is 9.47 Å². The highest BCUT2D eigenvalue weighted by Crippen LogP contribution is 2.67. The van der Waals surface area contributed by atoms with Gasteiger partial charge >= 0.3 is 6.09 Å². The van der Waals surface area contributed by atoms with Gasteiger partial charge in [-0.05, 0) is 26.3 Å². The molecule has 2 fully saturated rings. The number of carbonyl (C=O) groups excluding carboxylic acids is 1. The summed E-state index contributed by atoms with van der Waals surface area (Å²) in [5.41, 5.74) is 0.371. The minimum atomic E-state index is -0.503. The predicted molar refractivity (Wildman–Crippen MR) is 101 cm³/mol. The average Bonchev–Trinajstić information content (AvgIpc) is 2.85. The number of halogens is 2. The number of amides is 1. The lowest BCUT2D eigenvalue weighted by atomic mass is 10.1. The van der Waals surface area contributed by atoms with Crippen LogP contribution in [0, 0.1) is 0 Å². The zero-order chi connectivity index (χ0) is 17.6. The first-order valence-electron chi connectivity index (χ1n) is 8.17. The second-order valence-corrected chi connectivity index (χ2v) is 11.4. The molecule has 2 atom stereocenters. The van der Waals surface area contributed by atoms with Crippen LogP contribution >= 0.6 is 31.9 Å². The van der Waals surface area contributed by atoms with Gasteiger partial charge in [0.25, 0.3) is 0 Å². The number of rotatable bonds is 3. The van der Waals surface area contributed by atoms with Gasteiger partial charge in [0.05, 0.1) is 24.8 Å². The molecule has 1 saturated heterocycles. The summed E-state index contributed by atoms with van der Waals surface area (Å²) in [5, 5.41) is 0. The molecule has 2 unspecified atom stereocenters. The summed E-state index contributed by atoms with van der Waals surface area (Å²) in [5.74, 6) is 0. The van der Waals surface area contributed by atoms with Crippen molar-refractivity contribution in [3.05, 3.63) is 35.9 Å². The van der Waals surface area contributed by atoms with Crippen LogP contribution in [-0.4, -0.2) is 38.0 Å². The van der Waals surface area contributed by atoms with E-state index in [0.29, 0.717) is 13.2 Å². The van der Waals surface area contributed by atoms with E-state index < -0.39 is 5.60 Å². The molecule has 4 nitrogen and oxygen atoms in total. The van der Waals surface area contributed by atoms with Crippen LogP contribution in [0.15, 0.2) is 30.3 Å². The second kappa shape index (κ2) is 6.29. The van der Waals surface area contributed by atoms with Crippen molar-refractivity contribution in [2.45, 2.75) is 60.7 Å². The number of benzene rings is 1. The molecule has 0 bridgehead atoms. The highest BCUT2D eigenvalue weighted by Gasteiger charge is 2.73. The van der Waals surface area contributed by atoms with Crippen LogP contribution in [-0.2, 0) is 16.1 Å². The molecular weight excluding hydrogens is 438 g/mol. The Bertz CT molecular complexity index is 614. The fourth-order valence-corrected chi connectivity index (χ4v) is 4.91. The molecule has 1 aliphatic heterocycles. The molecule has 0 radical (unpaired) electrons. The third-order valence-corrected chi connectivity index (χ3v) is 6.52. The lowest BCUT2D eigenvalue weighted by molar-refractivity contribution is 0.0136. The molecule has 132 valence electrons. The van der Waals surface area contributed by atoms with Crippen molar-refractivity contribution in [2.24, 2.45) is 0 Å². The minimum Gasteiger partial charge on any atom is -0.444 e. The molecule has 1 spiro atoms. The average molecular weight is 461 g/mol. The maximum Gasteiger partial charge on any atom is 0.410 e. The number of likely N-dealkylation sites (tertiary alicyclic amines) is 1. The summed E-state index contributed by atoms with van der Waals surface area (Å²) in [6.07, 6.45) is 1.39. The Balaban J connectivity index is 1.67. The molecule has 1 saturated carbocycles. The summed E-state index contributed by atoms with van der Waals surface area (Å²) in [6, 6.07) is 10.1. The highest BCUT2D eigenvalue weighted by atomic mass is 79.9. The van der Waals surface area contributed by atoms with E-state index in [0.717, 1.165) is 18.4 Å². The van der Waals surface area contributed by atoms with Crippen molar-refractivity contribution in [3.8, 4) is 0 Å². The minimum absolute atomic E-state index is 0.00898. The zero-order valence-corrected chi connectivity index (χ0v) is 17.4. The van der Waals surface area contributed by atoms with Crippen molar-refractivity contribution in [1.29, 1.82) is 0 Å². The Morgan fingerprint density at radius 2 is 1.92 bits per heavy atom. The molecule has 3 rings (SSSR count). The standard InChI is InChI=1S/C18H23Br2NO3/c1-16(2,3)24-15(22)21-10-14(9-17(21)12-18(17,19)20)23-11-13-7-5-4-6-8-13/h4-8,14H,9-12H2,1-3H3. The Labute approximate surface area is 160 Å². The number of hydrogen-bond acceptors (Lipinski definition) is 3. The van der Waals surface area contributed by atoms with E-state index in [1.807, 2.05) is 56.0 Å². The first-order chi connectivity index (χ1) is 11.1. The fraction of sp³-hybridized carbons (Fsp3) is 0.611. The summed E-state index contributed by atoms with van der Waals surface area (Å²) < 4.78 is 11.4. The molecule has 6 heteroatoms. The first kappa shape index (κ1) is 18.2. The van der Waals surface area contributed by atoms with Gasteiger partial charge in [0, 0.05) is 12.8 Å². The third kappa shape index (κ3) is 3.65. The Hall–Kier alpha value is -0.590. The molecule has 1 aromatic carbocycles. The molecular formula is C18H23Br2NO3. The quantitative estimate of drug-likeness (QED) is 0.605. The highest BCUT2D eigenvalue weighted by molar-refractivity contribution is 9.25. The number of nitrogens with zero attached hydrogens (tertiary/aromatic N) is 1. The molecule has 1 aromatic rings. The predicted octanol–water partition coefficient (Wildman–Crippen LogP) is 4.84. The van der Waals surface area contributed by atoms with E-state index >= 15 is 0 Å². The van der Waals surface area contributed by atoms with E-state index in [9.17, 15) is 4.79 Å². The Morgan fingerprint density at radius 3 is 2.46 bits per heavy atom. The topological polar surface area (TPSA) is 38.8 Å². The fourth-order valence-electron chi connectivity index (χ4n) is 3.23. The smallest absolute Gasteiger partial charge is 0.410 e. The van der Waals surface area contributed by atoms with Gasteiger partial charge in [0.2, 0.25) is 0 Å². The van der Waals surface area contributed by atoms with Crippen molar-refractivity contribution < 1.29 is 14.3 Å². The molecule has 0 N–H and O–H groups in total. The van der Waals surface area contributed by atoms with Gasteiger partial charge in [0.15, 0.2) is 0 Å². The van der Waals surface area contributed by atoms with Crippen molar-refractivity contribution in [1.82, 2.24) is 4.90 Å². The number of carbonyl (C=O) groups is 1. The van der Waals surface area contributed by atoms with Crippen LogP contribution in [0.4, 0.5) is 4.79 Å². The lowest BCUT2D eigenvalue weighted by Crippen LogP contribution is -2.43. The summed E-state index contributed by atoms with van der Waals surface area (Å²) in [6.45, 7) is 6.78. The van der Waals surface area contributed by atoms with Gasteiger partial charge in [-0.3, -0.25) is 4.90 Å². The van der Waals surface area contributed by atoms with Crippen molar-refractivity contribution >= 4 is 38.0 Å². The second-order valence-electron chi connectivity index (χ2n) is 7.63. The number of ether oxygens (including phenoxy) is 2. The normalized spacial score (nSPS) is 28.2. The van der Waals surface area contributed by atoms with Crippen LogP contribution < -0.4 is 0 Å². The molecule has 1 amide bonds. The Kier molecular flexibility index (Phi) is 4.77. The molecule has 24 heavy (non-hydrogen) atoms. The maximum absolute atomic E-state index is 12.6. The molecule has 2 aliphatic rings. The molecule has 1 heterocycles. The van der Waals surface area contributed by atoms with Crippen molar-refractivity contribution in [3.63, 3.8) is 0 Å². The van der Waals surface area contributed by atoms with Crippen LogP contribution in [0.1, 0.15) is 39.2 Å². The summed E-state index contributed by atoms with van der Waals surface area (Å²) in [7, 11) is 0. The SMILES string of the molecule is CC(C)(C)OC(=O)N1CC(OCc2ccccc2)CC12CC2(Br)Br. The summed E-state index contributed by atoms with van der Waals surface area (Å²) >= 11 is 7.39. The number of alkyl halides is 2. The van der Waals surface area contributed by atoms with Gasteiger partial charge in [-0.25, -0.2) is 4.79 Å². The number of hydrogen-bond donors (Lipinski definition) is 0. The van der Waals surface area contributed by atoms with Gasteiger partial charge in [-0.1, -0.05) is 62.2 Å². The Morgan fingerprint density at radius 1 is 1.29 bits per heavy atom. The first-order valence-corrected chi connectivity index (χ1v) is 9.76. The summed E-state index contributed by atoms with van der Waals surface area (Å²) in [4.78, 5) is 14.5. The van der Waals surface area contributed by atoms with E-state index in [2.05, 4.69) is 31.9 Å². The molecule has 1 aliphatic carbocycles. The monoisotopic (exact) mass is 459 g/mol. The van der Waals surface area contributed by atoms with Crippen LogP contribution in [0.25, 0.3) is 0 Å². The zero-order valence-electron chi connectivity index (χ0n) is 14.2. The molecule has 0 aromatic heterocycles. The van der Waals surface area contributed by atoms with Crippen LogP contribution in [0.3, 0.4) is 0 Å². The van der Waals surface area contributed by atoms with Gasteiger partial charge in [0.1, 0.15) is 8.83 Å². The van der Waals surface area contributed by atoms with Gasteiger partial charge in [-0.2, -0.15) is 0 Å². The van der Waals surface area contributed by atoms with Crippen molar-refractivity contribution in [2.75, 3.05) is 6.54 Å². The maximum atomic E-state index is 12.6. The van der Waals surface area contributed by atoms with Gasteiger partial charge < -0.3 is 9.47 Å². The van der Waals surface area contributed by atoms with E-state index in [-0.39, 0.29) is 21.0 Å². The lowest BCUT2D eigenvalue weighted by Gasteiger charge is -2.29. The van der Waals surface area contributed by atoms with Crippen LogP contribution in [0.2, 0.25) is 0 Å². The van der Waals surface area contributed by atoms with E-state index in [1.165, 1.54) is 0 Å². The third-order valence-electron chi connectivity index (χ3n) is 4.48. The largest absolute Gasteiger partial charge is 0.444 e. The van der Waals surface area contributed by atoms with Crippen LogP contribution in [0.5, 0.6) is 0 Å².